The molecule has 4 atom stereocenters. The Hall–Kier alpha value is -2.16. The lowest BCUT2D eigenvalue weighted by atomic mass is 9.97. The number of hydrogen-bond donors (Lipinski definition) is 5. The van der Waals surface area contributed by atoms with Crippen molar-refractivity contribution in [3.8, 4) is 0 Å². The Morgan fingerprint density at radius 1 is 0.964 bits per heavy atom. The molecule has 0 aliphatic carbocycles. The Morgan fingerprint density at radius 2 is 1.54 bits per heavy atom. The van der Waals surface area contributed by atoms with Crippen LogP contribution in [-0.4, -0.2) is 53.5 Å². The number of nitrogens with two attached hydrogens (primary N) is 1. The molecule has 0 bridgehead atoms. The fourth-order valence-corrected chi connectivity index (χ4v) is 2.47. The minimum atomic E-state index is -1.12. The summed E-state index contributed by atoms with van der Waals surface area (Å²) < 4.78 is 0. The van der Waals surface area contributed by atoms with Gasteiger partial charge in [0.2, 0.25) is 17.7 Å². The number of carbonyl (C=O) groups is 4. The average Bonchev–Trinajstić information content (AvgIpc) is 2.61. The van der Waals surface area contributed by atoms with E-state index in [1.54, 1.807) is 20.8 Å². The molecule has 28 heavy (non-hydrogen) atoms. The van der Waals surface area contributed by atoms with Gasteiger partial charge in [-0.15, -0.1) is 0 Å². The minimum Gasteiger partial charge on any atom is -0.480 e. The first-order valence-corrected chi connectivity index (χ1v) is 9.76. The molecule has 0 aromatic heterocycles. The summed E-state index contributed by atoms with van der Waals surface area (Å²) in [7, 11) is 0. The van der Waals surface area contributed by atoms with Crippen LogP contribution in [0.2, 0.25) is 0 Å². The number of amides is 3. The van der Waals surface area contributed by atoms with Gasteiger partial charge in [-0.2, -0.15) is 0 Å². The molecule has 162 valence electrons. The second-order valence-electron chi connectivity index (χ2n) is 7.95. The van der Waals surface area contributed by atoms with E-state index < -0.39 is 41.8 Å². The van der Waals surface area contributed by atoms with Gasteiger partial charge in [0.05, 0.1) is 12.6 Å². The van der Waals surface area contributed by atoms with Crippen molar-refractivity contribution < 1.29 is 24.3 Å². The summed E-state index contributed by atoms with van der Waals surface area (Å²) in [4.78, 5) is 48.1. The van der Waals surface area contributed by atoms with Crippen molar-refractivity contribution in [3.63, 3.8) is 0 Å². The molecule has 0 aliphatic heterocycles. The van der Waals surface area contributed by atoms with Gasteiger partial charge in [0.25, 0.3) is 0 Å². The Labute approximate surface area is 167 Å². The molecule has 0 rings (SSSR count). The van der Waals surface area contributed by atoms with Crippen LogP contribution in [0.4, 0.5) is 0 Å². The number of hydrogen-bond acceptors (Lipinski definition) is 5. The van der Waals surface area contributed by atoms with Crippen LogP contribution in [0, 0.1) is 17.8 Å². The van der Waals surface area contributed by atoms with Gasteiger partial charge in [-0.25, -0.2) is 4.79 Å². The molecule has 0 spiro atoms. The summed E-state index contributed by atoms with van der Waals surface area (Å²) in [5.74, 6) is -2.87. The van der Waals surface area contributed by atoms with Crippen LogP contribution in [0.5, 0.6) is 0 Å². The maximum Gasteiger partial charge on any atom is 0.326 e. The van der Waals surface area contributed by atoms with Crippen molar-refractivity contribution >= 4 is 23.7 Å². The molecule has 6 N–H and O–H groups in total. The van der Waals surface area contributed by atoms with Crippen molar-refractivity contribution in [1.29, 1.82) is 0 Å². The van der Waals surface area contributed by atoms with Gasteiger partial charge in [-0.1, -0.05) is 48.0 Å². The lowest BCUT2D eigenvalue weighted by molar-refractivity contribution is -0.143. The Bertz CT molecular complexity index is 550. The molecule has 0 heterocycles. The molecule has 9 heteroatoms. The molecular formula is C19H36N4O5. The van der Waals surface area contributed by atoms with E-state index in [9.17, 15) is 24.3 Å². The van der Waals surface area contributed by atoms with Crippen molar-refractivity contribution in [2.75, 3.05) is 6.54 Å². The third-order valence-corrected chi connectivity index (χ3v) is 4.58. The smallest absolute Gasteiger partial charge is 0.326 e. The van der Waals surface area contributed by atoms with Crippen LogP contribution in [0.3, 0.4) is 0 Å². The molecule has 0 fully saturated rings. The fourth-order valence-electron chi connectivity index (χ4n) is 2.47. The summed E-state index contributed by atoms with van der Waals surface area (Å²) in [6.45, 7) is 10.7. The standard InChI is InChI=1S/C19H36N4O5/c1-7-12(6)16(18(26)22-13(19(27)28)8-10(2)3)23-14(24)9-21-17(25)15(20)11(4)5/h10-13,15-16H,7-9,20H2,1-6H3,(H,21,25)(H,22,26)(H,23,24)(H,27,28). The summed E-state index contributed by atoms with van der Waals surface area (Å²) in [6.07, 6.45) is 0.885. The first-order valence-electron chi connectivity index (χ1n) is 9.76. The Balaban J connectivity index is 4.98. The molecule has 4 unspecified atom stereocenters. The molecule has 0 saturated carbocycles. The molecule has 0 radical (unpaired) electrons. The molecule has 0 aromatic rings. The van der Waals surface area contributed by atoms with Crippen molar-refractivity contribution in [3.05, 3.63) is 0 Å². The number of carboxylic acid groups (broad SMARTS) is 1. The van der Waals surface area contributed by atoms with E-state index in [2.05, 4.69) is 16.0 Å². The molecule has 0 aliphatic rings. The van der Waals surface area contributed by atoms with Crippen LogP contribution < -0.4 is 21.7 Å². The summed E-state index contributed by atoms with van der Waals surface area (Å²) in [5.41, 5.74) is 5.72. The molecule has 0 aromatic carbocycles. The zero-order valence-electron chi connectivity index (χ0n) is 17.7. The minimum absolute atomic E-state index is 0.0735. The maximum absolute atomic E-state index is 12.6. The second-order valence-corrected chi connectivity index (χ2v) is 7.95. The van der Waals surface area contributed by atoms with Crippen molar-refractivity contribution in [2.45, 2.75) is 72.5 Å². The van der Waals surface area contributed by atoms with E-state index in [1.807, 2.05) is 20.8 Å². The number of rotatable bonds is 12. The van der Waals surface area contributed by atoms with Gasteiger partial charge in [-0.05, 0) is 24.2 Å². The highest BCUT2D eigenvalue weighted by Crippen LogP contribution is 2.10. The highest BCUT2D eigenvalue weighted by Gasteiger charge is 2.30. The van der Waals surface area contributed by atoms with E-state index in [-0.39, 0.29) is 30.7 Å². The molecule has 9 nitrogen and oxygen atoms in total. The lowest BCUT2D eigenvalue weighted by Gasteiger charge is -2.26. The fraction of sp³-hybridized carbons (Fsp3) is 0.789. The SMILES string of the molecule is CCC(C)C(NC(=O)CNC(=O)C(N)C(C)C)C(=O)NC(CC(C)C)C(=O)O. The van der Waals surface area contributed by atoms with Gasteiger partial charge in [-0.3, -0.25) is 14.4 Å². The predicted molar refractivity (Wildman–Crippen MR) is 106 cm³/mol. The van der Waals surface area contributed by atoms with Crippen LogP contribution in [0.25, 0.3) is 0 Å². The van der Waals surface area contributed by atoms with E-state index in [1.165, 1.54) is 0 Å². The maximum atomic E-state index is 12.6. The number of carboxylic acids is 1. The van der Waals surface area contributed by atoms with E-state index in [0.29, 0.717) is 6.42 Å². The first-order chi connectivity index (χ1) is 12.9. The van der Waals surface area contributed by atoms with Crippen LogP contribution in [0.15, 0.2) is 0 Å². The Kier molecular flexibility index (Phi) is 11.4. The monoisotopic (exact) mass is 400 g/mol. The predicted octanol–water partition coefficient (Wildman–Crippen LogP) is 0.232. The molecule has 3 amide bonds. The number of carbonyl (C=O) groups excluding carboxylic acids is 3. The highest BCUT2D eigenvalue weighted by molar-refractivity contribution is 5.92. The second kappa shape index (κ2) is 12.3. The first kappa shape index (κ1) is 25.8. The van der Waals surface area contributed by atoms with Crippen LogP contribution in [-0.2, 0) is 19.2 Å². The van der Waals surface area contributed by atoms with Crippen molar-refractivity contribution in [1.82, 2.24) is 16.0 Å². The van der Waals surface area contributed by atoms with Gasteiger partial charge < -0.3 is 26.8 Å². The van der Waals surface area contributed by atoms with E-state index >= 15 is 0 Å². The zero-order chi connectivity index (χ0) is 22.0. The topological polar surface area (TPSA) is 151 Å². The van der Waals surface area contributed by atoms with Crippen molar-refractivity contribution in [2.24, 2.45) is 23.5 Å². The van der Waals surface area contributed by atoms with E-state index in [0.717, 1.165) is 0 Å². The normalized spacial score (nSPS) is 15.5. The third kappa shape index (κ3) is 9.16. The van der Waals surface area contributed by atoms with Gasteiger partial charge in [0.15, 0.2) is 0 Å². The van der Waals surface area contributed by atoms with Crippen LogP contribution >= 0.6 is 0 Å². The quantitative estimate of drug-likeness (QED) is 0.316. The number of aliphatic carboxylic acids is 1. The van der Waals surface area contributed by atoms with Gasteiger partial charge >= 0.3 is 5.97 Å². The third-order valence-electron chi connectivity index (χ3n) is 4.58. The summed E-state index contributed by atoms with van der Waals surface area (Å²) in [5, 5.41) is 16.9. The average molecular weight is 401 g/mol. The Morgan fingerprint density at radius 3 is 1.96 bits per heavy atom. The van der Waals surface area contributed by atoms with Gasteiger partial charge in [0.1, 0.15) is 12.1 Å². The zero-order valence-corrected chi connectivity index (χ0v) is 17.7. The van der Waals surface area contributed by atoms with E-state index in [4.69, 9.17) is 5.73 Å². The lowest BCUT2D eigenvalue weighted by Crippen LogP contribution is -2.56. The summed E-state index contributed by atoms with van der Waals surface area (Å²) in [6, 6.07) is -2.66. The summed E-state index contributed by atoms with van der Waals surface area (Å²) >= 11 is 0. The highest BCUT2D eigenvalue weighted by atomic mass is 16.4. The van der Waals surface area contributed by atoms with Gasteiger partial charge in [0, 0.05) is 0 Å². The number of nitrogens with one attached hydrogen (secondary N) is 3. The molecule has 0 saturated heterocycles. The molecular weight excluding hydrogens is 364 g/mol. The van der Waals surface area contributed by atoms with Crippen LogP contribution in [0.1, 0.15) is 54.4 Å². The largest absolute Gasteiger partial charge is 0.480 e.